The first-order valence-corrected chi connectivity index (χ1v) is 5.37. The van der Waals surface area contributed by atoms with Gasteiger partial charge in [-0.15, -0.1) is 0 Å². The highest BCUT2D eigenvalue weighted by Gasteiger charge is 2.25. The lowest BCUT2D eigenvalue weighted by Crippen LogP contribution is -2.58. The van der Waals surface area contributed by atoms with Crippen molar-refractivity contribution in [3.8, 4) is 0 Å². The van der Waals surface area contributed by atoms with Gasteiger partial charge < -0.3 is 10.6 Å². The lowest BCUT2D eigenvalue weighted by atomic mass is 9.88. The number of carbonyl (C=O) groups is 1. The quantitative estimate of drug-likeness (QED) is 0.658. The fraction of sp³-hybridized carbons (Fsp3) is 0.900. The van der Waals surface area contributed by atoms with Crippen LogP contribution in [0.25, 0.3) is 0 Å². The molecule has 0 spiro atoms. The van der Waals surface area contributed by atoms with Crippen LogP contribution in [0.2, 0.25) is 0 Å². The molecular weight excluding hydrogens is 164 g/mol. The molecule has 2 fully saturated rings. The topological polar surface area (TPSA) is 41.1 Å². The van der Waals surface area contributed by atoms with Crippen molar-refractivity contribution in [3.63, 3.8) is 0 Å². The highest BCUT2D eigenvalue weighted by Crippen LogP contribution is 2.23. The van der Waals surface area contributed by atoms with Crippen molar-refractivity contribution in [2.24, 2.45) is 5.92 Å². The summed E-state index contributed by atoms with van der Waals surface area (Å²) in [6.07, 6.45) is 5.99. The smallest absolute Gasteiger partial charge is 0.223 e. The number of hydrogen-bond donors (Lipinski definition) is 2. The molecule has 2 N–H and O–H groups in total. The predicted molar refractivity (Wildman–Crippen MR) is 51.4 cm³/mol. The minimum atomic E-state index is 0.297. The fourth-order valence-corrected chi connectivity index (χ4v) is 2.07. The van der Waals surface area contributed by atoms with Gasteiger partial charge in [0.25, 0.3) is 0 Å². The Kier molecular flexibility index (Phi) is 2.83. The number of carbonyl (C=O) groups excluding carboxylic acids is 1. The van der Waals surface area contributed by atoms with Crippen molar-refractivity contribution in [1.29, 1.82) is 0 Å². The van der Waals surface area contributed by atoms with E-state index in [1.165, 1.54) is 19.3 Å². The third-order valence-corrected chi connectivity index (χ3v) is 3.10. The van der Waals surface area contributed by atoms with E-state index in [1.54, 1.807) is 0 Å². The lowest BCUT2D eigenvalue weighted by Gasteiger charge is -2.30. The van der Waals surface area contributed by atoms with Crippen LogP contribution in [-0.4, -0.2) is 25.0 Å². The summed E-state index contributed by atoms with van der Waals surface area (Å²) in [5, 5.41) is 6.24. The van der Waals surface area contributed by atoms with Crippen LogP contribution in [0.1, 0.15) is 32.1 Å². The maximum Gasteiger partial charge on any atom is 0.223 e. The van der Waals surface area contributed by atoms with Gasteiger partial charge in [0.1, 0.15) is 0 Å². The average molecular weight is 182 g/mol. The molecule has 1 saturated heterocycles. The van der Waals surface area contributed by atoms with Crippen molar-refractivity contribution < 1.29 is 4.79 Å². The van der Waals surface area contributed by atoms with Crippen molar-refractivity contribution in [3.05, 3.63) is 0 Å². The zero-order valence-electron chi connectivity index (χ0n) is 8.01. The summed E-state index contributed by atoms with van der Waals surface area (Å²) in [5.41, 5.74) is 0. The van der Waals surface area contributed by atoms with Crippen LogP contribution in [0.5, 0.6) is 0 Å². The molecule has 0 atom stereocenters. The second-order valence-corrected chi connectivity index (χ2v) is 4.20. The first kappa shape index (κ1) is 9.00. The van der Waals surface area contributed by atoms with Gasteiger partial charge in [-0.2, -0.15) is 0 Å². The average Bonchev–Trinajstić information content (AvgIpc) is 2.12. The van der Waals surface area contributed by atoms with Crippen LogP contribution >= 0.6 is 0 Å². The number of nitrogens with one attached hydrogen (secondary N) is 2. The van der Waals surface area contributed by atoms with E-state index >= 15 is 0 Å². The van der Waals surface area contributed by atoms with Gasteiger partial charge in [-0.1, -0.05) is 19.3 Å². The molecule has 0 bridgehead atoms. The van der Waals surface area contributed by atoms with E-state index in [0.717, 1.165) is 25.9 Å². The normalized spacial score (nSPS) is 25.2. The molecule has 1 saturated carbocycles. The Labute approximate surface area is 79.3 Å². The Bertz CT molecular complexity index is 183. The Morgan fingerprint density at radius 1 is 1.15 bits per heavy atom. The van der Waals surface area contributed by atoms with E-state index in [1.807, 2.05) is 0 Å². The van der Waals surface area contributed by atoms with E-state index in [-0.39, 0.29) is 0 Å². The molecule has 1 amide bonds. The van der Waals surface area contributed by atoms with E-state index in [0.29, 0.717) is 17.9 Å². The molecule has 2 aliphatic rings. The summed E-state index contributed by atoms with van der Waals surface area (Å²) < 4.78 is 0. The van der Waals surface area contributed by atoms with E-state index in [9.17, 15) is 4.79 Å². The van der Waals surface area contributed by atoms with Crippen LogP contribution in [-0.2, 0) is 4.79 Å². The van der Waals surface area contributed by atoms with Gasteiger partial charge >= 0.3 is 0 Å². The zero-order valence-corrected chi connectivity index (χ0v) is 8.01. The lowest BCUT2D eigenvalue weighted by molar-refractivity contribution is -0.127. The minimum Gasteiger partial charge on any atom is -0.351 e. The largest absolute Gasteiger partial charge is 0.351 e. The van der Waals surface area contributed by atoms with Gasteiger partial charge in [0.05, 0.1) is 6.04 Å². The van der Waals surface area contributed by atoms with Crippen LogP contribution in [0.15, 0.2) is 0 Å². The molecule has 0 aromatic carbocycles. The molecule has 3 nitrogen and oxygen atoms in total. The van der Waals surface area contributed by atoms with Crippen molar-refractivity contribution in [1.82, 2.24) is 10.6 Å². The minimum absolute atomic E-state index is 0.297. The van der Waals surface area contributed by atoms with Crippen LogP contribution in [0, 0.1) is 5.92 Å². The molecule has 2 rings (SSSR count). The van der Waals surface area contributed by atoms with Gasteiger partial charge in [0, 0.05) is 19.0 Å². The van der Waals surface area contributed by atoms with Gasteiger partial charge in [-0.25, -0.2) is 0 Å². The van der Waals surface area contributed by atoms with Crippen molar-refractivity contribution in [2.45, 2.75) is 38.1 Å². The molecule has 0 aromatic heterocycles. The molecule has 0 aromatic rings. The summed E-state index contributed by atoms with van der Waals surface area (Å²) in [6, 6.07) is 0.412. The number of hydrogen-bond acceptors (Lipinski definition) is 2. The molecule has 3 heteroatoms. The molecular formula is C10H18N2O. The first-order valence-electron chi connectivity index (χ1n) is 5.37. The highest BCUT2D eigenvalue weighted by molar-refractivity contribution is 5.79. The van der Waals surface area contributed by atoms with Crippen LogP contribution in [0.3, 0.4) is 0 Å². The Morgan fingerprint density at radius 3 is 2.38 bits per heavy atom. The molecule has 13 heavy (non-hydrogen) atoms. The molecule has 0 radical (unpaired) electrons. The summed E-state index contributed by atoms with van der Waals surface area (Å²) in [4.78, 5) is 11.7. The summed E-state index contributed by atoms with van der Waals surface area (Å²) in [6.45, 7) is 1.91. The number of amides is 1. The van der Waals surface area contributed by atoms with E-state index < -0.39 is 0 Å². The fourth-order valence-electron chi connectivity index (χ4n) is 2.07. The maximum atomic E-state index is 11.7. The molecule has 1 heterocycles. The third-order valence-electron chi connectivity index (χ3n) is 3.10. The molecule has 0 unspecified atom stereocenters. The van der Waals surface area contributed by atoms with Crippen LogP contribution < -0.4 is 10.6 Å². The molecule has 1 aliphatic heterocycles. The van der Waals surface area contributed by atoms with Gasteiger partial charge in [-0.05, 0) is 12.8 Å². The Morgan fingerprint density at radius 2 is 1.85 bits per heavy atom. The second kappa shape index (κ2) is 4.09. The maximum absolute atomic E-state index is 11.7. The van der Waals surface area contributed by atoms with Crippen molar-refractivity contribution >= 4 is 5.91 Å². The monoisotopic (exact) mass is 182 g/mol. The SMILES string of the molecule is O=C(NC1CNC1)C1CCCCC1. The zero-order chi connectivity index (χ0) is 9.10. The summed E-state index contributed by atoms with van der Waals surface area (Å²) >= 11 is 0. The summed E-state index contributed by atoms with van der Waals surface area (Å²) in [7, 11) is 0. The van der Waals surface area contributed by atoms with E-state index in [4.69, 9.17) is 0 Å². The number of rotatable bonds is 2. The molecule has 74 valence electrons. The van der Waals surface area contributed by atoms with Crippen molar-refractivity contribution in [2.75, 3.05) is 13.1 Å². The standard InChI is InChI=1S/C10H18N2O/c13-10(12-9-6-11-7-9)8-4-2-1-3-5-8/h8-9,11H,1-7H2,(H,12,13). The predicted octanol–water partition coefficient (Wildman–Crippen LogP) is 0.655. The van der Waals surface area contributed by atoms with Crippen LogP contribution in [0.4, 0.5) is 0 Å². The van der Waals surface area contributed by atoms with E-state index in [2.05, 4.69) is 10.6 Å². The van der Waals surface area contributed by atoms with Gasteiger partial charge in [0.2, 0.25) is 5.91 Å². The Hall–Kier alpha value is -0.570. The van der Waals surface area contributed by atoms with Gasteiger partial charge in [-0.3, -0.25) is 4.79 Å². The second-order valence-electron chi connectivity index (χ2n) is 4.20. The third kappa shape index (κ3) is 2.21. The molecule has 1 aliphatic carbocycles. The Balaban J connectivity index is 1.74. The van der Waals surface area contributed by atoms with Gasteiger partial charge in [0.15, 0.2) is 0 Å². The highest BCUT2D eigenvalue weighted by atomic mass is 16.2. The summed E-state index contributed by atoms with van der Waals surface area (Å²) in [5.74, 6) is 0.612. The first-order chi connectivity index (χ1) is 6.36.